The predicted molar refractivity (Wildman–Crippen MR) is 84.1 cm³/mol. The normalized spacial score (nSPS) is 23.7. The van der Waals surface area contributed by atoms with Gasteiger partial charge in [0, 0.05) is 19.2 Å². The fourth-order valence-electron chi connectivity index (χ4n) is 2.91. The first kappa shape index (κ1) is 17.9. The first-order valence-electron chi connectivity index (χ1n) is 8.24. The van der Waals surface area contributed by atoms with E-state index in [4.69, 9.17) is 4.74 Å². The van der Waals surface area contributed by atoms with Gasteiger partial charge in [-0.3, -0.25) is 0 Å². The van der Waals surface area contributed by atoms with Crippen LogP contribution in [0, 0.1) is 0 Å². The van der Waals surface area contributed by atoms with Gasteiger partial charge in [-0.05, 0) is 58.7 Å². The van der Waals surface area contributed by atoms with Gasteiger partial charge in [0.05, 0.1) is 12.7 Å². The van der Waals surface area contributed by atoms with Crippen molar-refractivity contribution in [2.24, 2.45) is 0 Å². The number of likely N-dealkylation sites (tertiary alicyclic amines) is 1. The van der Waals surface area contributed by atoms with Crippen molar-refractivity contribution in [1.29, 1.82) is 0 Å². The van der Waals surface area contributed by atoms with Crippen molar-refractivity contribution in [2.75, 3.05) is 39.9 Å². The molecule has 20 heavy (non-hydrogen) atoms. The van der Waals surface area contributed by atoms with Crippen LogP contribution in [0.5, 0.6) is 0 Å². The molecule has 0 aromatic rings. The first-order chi connectivity index (χ1) is 9.63. The number of aliphatic hydroxyl groups excluding tert-OH is 1. The number of rotatable bonds is 10. The quantitative estimate of drug-likeness (QED) is 0.603. The molecule has 1 saturated heterocycles. The van der Waals surface area contributed by atoms with Crippen LogP contribution in [-0.2, 0) is 4.74 Å². The molecular formula is C16H34N2O2. The molecule has 2 N–H and O–H groups in total. The van der Waals surface area contributed by atoms with Crippen LogP contribution < -0.4 is 5.32 Å². The van der Waals surface area contributed by atoms with E-state index in [9.17, 15) is 5.11 Å². The molecule has 0 radical (unpaired) electrons. The van der Waals surface area contributed by atoms with Gasteiger partial charge in [0.25, 0.3) is 0 Å². The van der Waals surface area contributed by atoms with Crippen LogP contribution in [-0.4, -0.2) is 61.5 Å². The molecule has 1 fully saturated rings. The number of hydrogen-bond acceptors (Lipinski definition) is 4. The average Bonchev–Trinajstić information content (AvgIpc) is 2.50. The molecule has 0 aromatic heterocycles. The molecular weight excluding hydrogens is 252 g/mol. The monoisotopic (exact) mass is 286 g/mol. The summed E-state index contributed by atoms with van der Waals surface area (Å²) in [5.41, 5.74) is -0.104. The van der Waals surface area contributed by atoms with Crippen molar-refractivity contribution in [3.05, 3.63) is 0 Å². The summed E-state index contributed by atoms with van der Waals surface area (Å²) in [4.78, 5) is 2.52. The zero-order valence-corrected chi connectivity index (χ0v) is 13.7. The summed E-state index contributed by atoms with van der Waals surface area (Å²) >= 11 is 0. The van der Waals surface area contributed by atoms with Crippen molar-refractivity contribution in [3.63, 3.8) is 0 Å². The summed E-state index contributed by atoms with van der Waals surface area (Å²) < 4.78 is 5.46. The fraction of sp³-hybridized carbons (Fsp3) is 1.00. The van der Waals surface area contributed by atoms with Crippen molar-refractivity contribution in [1.82, 2.24) is 10.2 Å². The molecule has 0 bridgehead atoms. The van der Waals surface area contributed by atoms with E-state index in [0.717, 1.165) is 32.5 Å². The van der Waals surface area contributed by atoms with Crippen LogP contribution in [0.3, 0.4) is 0 Å². The molecule has 4 nitrogen and oxygen atoms in total. The standard InChI is InChI=1S/C16H34N2O2/c1-4-10-17-16(2,14-19)9-5-6-11-18-12-7-8-15(13-18)20-3/h15,17,19H,4-14H2,1-3H3. The molecule has 2 atom stereocenters. The van der Waals surface area contributed by atoms with Gasteiger partial charge in [-0.15, -0.1) is 0 Å². The van der Waals surface area contributed by atoms with Gasteiger partial charge in [-0.25, -0.2) is 0 Å². The minimum absolute atomic E-state index is 0.104. The molecule has 0 aromatic carbocycles. The highest BCUT2D eigenvalue weighted by molar-refractivity contribution is 4.82. The number of aliphatic hydroxyl groups is 1. The van der Waals surface area contributed by atoms with E-state index in [1.807, 2.05) is 7.11 Å². The van der Waals surface area contributed by atoms with Crippen molar-refractivity contribution in [2.45, 2.75) is 64.0 Å². The van der Waals surface area contributed by atoms with E-state index < -0.39 is 0 Å². The van der Waals surface area contributed by atoms with E-state index in [1.54, 1.807) is 0 Å². The molecule has 1 aliphatic rings. The largest absolute Gasteiger partial charge is 0.394 e. The van der Waals surface area contributed by atoms with Crippen LogP contribution in [0.4, 0.5) is 0 Å². The Balaban J connectivity index is 2.16. The maximum Gasteiger partial charge on any atom is 0.0698 e. The summed E-state index contributed by atoms with van der Waals surface area (Å²) in [5, 5.41) is 13.0. The molecule has 4 heteroatoms. The topological polar surface area (TPSA) is 44.7 Å². The Bertz CT molecular complexity index is 251. The second kappa shape index (κ2) is 9.72. The van der Waals surface area contributed by atoms with Crippen molar-refractivity contribution < 1.29 is 9.84 Å². The summed E-state index contributed by atoms with van der Waals surface area (Å²) in [6, 6.07) is 0. The van der Waals surface area contributed by atoms with Gasteiger partial charge in [-0.2, -0.15) is 0 Å². The summed E-state index contributed by atoms with van der Waals surface area (Å²) in [6.07, 6.45) is 7.42. The molecule has 1 rings (SSSR count). The lowest BCUT2D eigenvalue weighted by atomic mass is 9.95. The highest BCUT2D eigenvalue weighted by Gasteiger charge is 2.22. The lowest BCUT2D eigenvalue weighted by Gasteiger charge is -2.32. The Hall–Kier alpha value is -0.160. The third-order valence-corrected chi connectivity index (χ3v) is 4.40. The van der Waals surface area contributed by atoms with Crippen molar-refractivity contribution in [3.8, 4) is 0 Å². The summed E-state index contributed by atoms with van der Waals surface area (Å²) in [7, 11) is 1.82. The lowest BCUT2D eigenvalue weighted by molar-refractivity contribution is 0.0305. The highest BCUT2D eigenvalue weighted by atomic mass is 16.5. The minimum atomic E-state index is -0.104. The Morgan fingerprint density at radius 1 is 1.40 bits per heavy atom. The van der Waals surface area contributed by atoms with E-state index in [1.165, 1.54) is 32.2 Å². The minimum Gasteiger partial charge on any atom is -0.394 e. The van der Waals surface area contributed by atoms with Crippen LogP contribution in [0.25, 0.3) is 0 Å². The van der Waals surface area contributed by atoms with Crippen molar-refractivity contribution >= 4 is 0 Å². The summed E-state index contributed by atoms with van der Waals surface area (Å²) in [6.45, 7) is 8.96. The molecule has 0 saturated carbocycles. The second-order valence-corrected chi connectivity index (χ2v) is 6.40. The predicted octanol–water partition coefficient (Wildman–Crippen LogP) is 2.02. The van der Waals surface area contributed by atoms with Crippen LogP contribution in [0.15, 0.2) is 0 Å². The van der Waals surface area contributed by atoms with Gasteiger partial charge in [0.15, 0.2) is 0 Å². The Morgan fingerprint density at radius 3 is 2.85 bits per heavy atom. The Morgan fingerprint density at radius 2 is 2.20 bits per heavy atom. The van der Waals surface area contributed by atoms with Crippen LogP contribution >= 0.6 is 0 Å². The molecule has 1 aliphatic heterocycles. The van der Waals surface area contributed by atoms with Crippen LogP contribution in [0.1, 0.15) is 52.4 Å². The number of unbranched alkanes of at least 4 members (excludes halogenated alkanes) is 1. The number of piperidine rings is 1. The zero-order chi connectivity index (χ0) is 14.8. The maximum atomic E-state index is 9.54. The third kappa shape index (κ3) is 6.53. The Kier molecular flexibility index (Phi) is 8.69. The summed E-state index contributed by atoms with van der Waals surface area (Å²) in [5.74, 6) is 0. The third-order valence-electron chi connectivity index (χ3n) is 4.40. The van der Waals surface area contributed by atoms with Gasteiger partial charge >= 0.3 is 0 Å². The molecule has 0 spiro atoms. The molecule has 120 valence electrons. The molecule has 1 heterocycles. The van der Waals surface area contributed by atoms with E-state index in [-0.39, 0.29) is 12.1 Å². The first-order valence-corrected chi connectivity index (χ1v) is 8.24. The lowest BCUT2D eigenvalue weighted by Crippen LogP contribution is -2.46. The average molecular weight is 286 g/mol. The number of methoxy groups -OCH3 is 1. The number of ether oxygens (including phenoxy) is 1. The van der Waals surface area contributed by atoms with E-state index >= 15 is 0 Å². The maximum absolute atomic E-state index is 9.54. The van der Waals surface area contributed by atoms with Gasteiger partial charge in [0.2, 0.25) is 0 Å². The second-order valence-electron chi connectivity index (χ2n) is 6.40. The van der Waals surface area contributed by atoms with E-state index in [2.05, 4.69) is 24.1 Å². The fourth-order valence-corrected chi connectivity index (χ4v) is 2.91. The number of nitrogens with one attached hydrogen (secondary N) is 1. The molecule has 0 amide bonds. The number of hydrogen-bond donors (Lipinski definition) is 2. The highest BCUT2D eigenvalue weighted by Crippen LogP contribution is 2.16. The van der Waals surface area contributed by atoms with Gasteiger partial charge < -0.3 is 20.1 Å². The van der Waals surface area contributed by atoms with Crippen LogP contribution in [0.2, 0.25) is 0 Å². The van der Waals surface area contributed by atoms with Gasteiger partial charge in [-0.1, -0.05) is 13.3 Å². The van der Waals surface area contributed by atoms with Gasteiger partial charge in [0.1, 0.15) is 0 Å². The SMILES string of the molecule is CCCNC(C)(CO)CCCCN1CCCC(OC)C1. The number of nitrogens with zero attached hydrogens (tertiary/aromatic N) is 1. The zero-order valence-electron chi connectivity index (χ0n) is 13.7. The molecule has 2 unspecified atom stereocenters. The molecule has 0 aliphatic carbocycles. The van der Waals surface area contributed by atoms with E-state index in [0.29, 0.717) is 6.10 Å². The smallest absolute Gasteiger partial charge is 0.0698 e. The Labute approximate surface area is 124 Å².